The minimum absolute atomic E-state index is 0.0330. The minimum atomic E-state index is 0.0330. The Morgan fingerprint density at radius 2 is 1.83 bits per heavy atom. The summed E-state index contributed by atoms with van der Waals surface area (Å²) in [6.07, 6.45) is 2.67. The molecule has 0 fully saturated rings. The van der Waals surface area contributed by atoms with E-state index in [-0.39, 0.29) is 18.6 Å². The standard InChI is InChI=1S/C14H32N2P2/c1-9-18(17-8)11-10-16-12(2)13(3,4)14(5,6)15-7/h15-17H,2,9-11H2,1,3-8H3. The molecule has 0 amide bonds. The third-order valence-electron chi connectivity index (χ3n) is 4.36. The fourth-order valence-electron chi connectivity index (χ4n) is 1.68. The van der Waals surface area contributed by atoms with Crippen LogP contribution in [0.15, 0.2) is 12.3 Å². The molecule has 0 saturated carbocycles. The van der Waals surface area contributed by atoms with Crippen LogP contribution in [-0.4, -0.2) is 38.1 Å². The first kappa shape index (κ1) is 18.4. The van der Waals surface area contributed by atoms with E-state index in [1.165, 1.54) is 12.3 Å². The van der Waals surface area contributed by atoms with Crippen LogP contribution in [0.4, 0.5) is 0 Å². The first-order valence-electron chi connectivity index (χ1n) is 6.77. The van der Waals surface area contributed by atoms with Gasteiger partial charge in [-0.05, 0) is 39.9 Å². The smallest absolute Gasteiger partial charge is 0.0227 e. The highest BCUT2D eigenvalue weighted by atomic mass is 32.0. The Balaban J connectivity index is 4.33. The van der Waals surface area contributed by atoms with Crippen molar-refractivity contribution in [3.05, 3.63) is 12.3 Å². The normalized spacial score (nSPS) is 15.1. The predicted octanol–water partition coefficient (Wildman–Crippen LogP) is 3.84. The molecule has 4 heteroatoms. The summed E-state index contributed by atoms with van der Waals surface area (Å²) in [5, 5.41) is 6.94. The van der Waals surface area contributed by atoms with Crippen molar-refractivity contribution in [3.8, 4) is 0 Å². The molecular formula is C14H32N2P2. The zero-order valence-electron chi connectivity index (χ0n) is 13.3. The van der Waals surface area contributed by atoms with E-state index in [0.29, 0.717) is 0 Å². The van der Waals surface area contributed by atoms with E-state index < -0.39 is 0 Å². The van der Waals surface area contributed by atoms with Gasteiger partial charge in [0.15, 0.2) is 0 Å². The molecule has 108 valence electrons. The van der Waals surface area contributed by atoms with Crippen LogP contribution >= 0.6 is 15.9 Å². The van der Waals surface area contributed by atoms with E-state index in [1.807, 2.05) is 7.05 Å². The fourth-order valence-corrected chi connectivity index (χ4v) is 4.87. The molecule has 0 aromatic rings. The monoisotopic (exact) mass is 290 g/mol. The highest BCUT2D eigenvalue weighted by Crippen LogP contribution is 2.52. The van der Waals surface area contributed by atoms with Gasteiger partial charge in [0.05, 0.1) is 0 Å². The maximum Gasteiger partial charge on any atom is 0.0227 e. The van der Waals surface area contributed by atoms with Gasteiger partial charge < -0.3 is 10.6 Å². The lowest BCUT2D eigenvalue weighted by atomic mass is 9.72. The molecule has 0 saturated heterocycles. The van der Waals surface area contributed by atoms with Crippen molar-refractivity contribution in [1.29, 1.82) is 0 Å². The van der Waals surface area contributed by atoms with Crippen LogP contribution in [0, 0.1) is 5.41 Å². The third-order valence-corrected chi connectivity index (χ3v) is 10.0. The van der Waals surface area contributed by atoms with Crippen LogP contribution in [0.5, 0.6) is 0 Å². The van der Waals surface area contributed by atoms with Crippen LogP contribution < -0.4 is 10.6 Å². The van der Waals surface area contributed by atoms with Gasteiger partial charge in [0.25, 0.3) is 0 Å². The molecule has 0 aromatic heterocycles. The molecular weight excluding hydrogens is 258 g/mol. The van der Waals surface area contributed by atoms with Gasteiger partial charge in [-0.3, -0.25) is 0 Å². The second-order valence-electron chi connectivity index (χ2n) is 5.71. The fraction of sp³-hybridized carbons (Fsp3) is 0.857. The molecule has 0 bridgehead atoms. The van der Waals surface area contributed by atoms with Gasteiger partial charge in [0.1, 0.15) is 0 Å². The van der Waals surface area contributed by atoms with E-state index in [1.54, 1.807) is 0 Å². The first-order chi connectivity index (χ1) is 8.22. The molecule has 2 unspecified atom stereocenters. The van der Waals surface area contributed by atoms with Crippen molar-refractivity contribution in [2.24, 2.45) is 5.41 Å². The van der Waals surface area contributed by atoms with Gasteiger partial charge in [-0.25, -0.2) is 0 Å². The number of rotatable bonds is 9. The van der Waals surface area contributed by atoms with Crippen molar-refractivity contribution in [1.82, 2.24) is 10.6 Å². The second-order valence-corrected chi connectivity index (χ2v) is 11.6. The summed E-state index contributed by atoms with van der Waals surface area (Å²) in [5.41, 5.74) is 1.22. The highest BCUT2D eigenvalue weighted by Gasteiger charge is 2.37. The summed E-state index contributed by atoms with van der Waals surface area (Å²) in [7, 11) is 3.38. The van der Waals surface area contributed by atoms with Gasteiger partial charge in [-0.15, -0.1) is 0 Å². The molecule has 0 aliphatic carbocycles. The van der Waals surface area contributed by atoms with Gasteiger partial charge in [0, 0.05) is 23.2 Å². The van der Waals surface area contributed by atoms with Crippen LogP contribution in [0.2, 0.25) is 0 Å². The largest absolute Gasteiger partial charge is 0.388 e. The third kappa shape index (κ3) is 4.80. The molecule has 0 radical (unpaired) electrons. The zero-order chi connectivity index (χ0) is 14.4. The molecule has 2 atom stereocenters. The predicted molar refractivity (Wildman–Crippen MR) is 90.6 cm³/mol. The van der Waals surface area contributed by atoms with E-state index in [0.717, 1.165) is 20.5 Å². The lowest BCUT2D eigenvalue weighted by Crippen LogP contribution is -2.52. The van der Waals surface area contributed by atoms with Crippen molar-refractivity contribution < 1.29 is 0 Å². The van der Waals surface area contributed by atoms with Crippen LogP contribution in [0.1, 0.15) is 34.6 Å². The topological polar surface area (TPSA) is 24.1 Å². The van der Waals surface area contributed by atoms with E-state index >= 15 is 0 Å². The number of hydrogen-bond donors (Lipinski definition) is 2. The van der Waals surface area contributed by atoms with E-state index in [9.17, 15) is 0 Å². The van der Waals surface area contributed by atoms with Gasteiger partial charge >= 0.3 is 0 Å². The van der Waals surface area contributed by atoms with Crippen molar-refractivity contribution >= 4 is 15.9 Å². The van der Waals surface area contributed by atoms with Crippen molar-refractivity contribution in [2.75, 3.05) is 32.6 Å². The maximum absolute atomic E-state index is 4.25. The molecule has 0 aromatic carbocycles. The van der Waals surface area contributed by atoms with Crippen LogP contribution in [0.25, 0.3) is 0 Å². The molecule has 2 nitrogen and oxygen atoms in total. The van der Waals surface area contributed by atoms with Crippen LogP contribution in [-0.2, 0) is 0 Å². The van der Waals surface area contributed by atoms with Crippen LogP contribution in [0.3, 0.4) is 0 Å². The summed E-state index contributed by atoms with van der Waals surface area (Å²) in [4.78, 5) is 0. The summed E-state index contributed by atoms with van der Waals surface area (Å²) in [6, 6.07) is 0. The average molecular weight is 290 g/mol. The Labute approximate surface area is 117 Å². The van der Waals surface area contributed by atoms with E-state index in [2.05, 4.69) is 58.5 Å². The quantitative estimate of drug-likeness (QED) is 0.630. The SMILES string of the molecule is C=C(NCCP(CC)PC)C(C)(C)C(C)(C)NC. The number of nitrogens with one attached hydrogen (secondary N) is 2. The van der Waals surface area contributed by atoms with Gasteiger partial charge in [-0.1, -0.05) is 43.2 Å². The number of hydrogen-bond acceptors (Lipinski definition) is 2. The summed E-state index contributed by atoms with van der Waals surface area (Å²) < 4.78 is 0. The average Bonchev–Trinajstić information content (AvgIpc) is 2.34. The molecule has 0 heterocycles. The zero-order valence-corrected chi connectivity index (χ0v) is 15.2. The van der Waals surface area contributed by atoms with Gasteiger partial charge in [-0.2, -0.15) is 0 Å². The Morgan fingerprint density at radius 3 is 2.22 bits per heavy atom. The highest BCUT2D eigenvalue weighted by molar-refractivity contribution is 8.21. The Bertz CT molecular complexity index is 259. The molecule has 2 N–H and O–H groups in total. The molecule has 0 aliphatic heterocycles. The first-order valence-corrected chi connectivity index (χ1v) is 10.8. The summed E-state index contributed by atoms with van der Waals surface area (Å²) >= 11 is 0. The summed E-state index contributed by atoms with van der Waals surface area (Å²) in [5.74, 6) is 0. The minimum Gasteiger partial charge on any atom is -0.388 e. The Morgan fingerprint density at radius 1 is 1.28 bits per heavy atom. The molecule has 0 aliphatic rings. The Kier molecular flexibility index (Phi) is 7.99. The lowest BCUT2D eigenvalue weighted by Gasteiger charge is -2.43. The second kappa shape index (κ2) is 7.83. The van der Waals surface area contributed by atoms with Crippen molar-refractivity contribution in [3.63, 3.8) is 0 Å². The molecule has 0 rings (SSSR count). The summed E-state index contributed by atoms with van der Waals surface area (Å²) in [6.45, 7) is 18.9. The Hall–Kier alpha value is 0.360. The lowest BCUT2D eigenvalue weighted by molar-refractivity contribution is 0.199. The van der Waals surface area contributed by atoms with E-state index in [4.69, 9.17) is 0 Å². The maximum atomic E-state index is 4.25. The molecule has 18 heavy (non-hydrogen) atoms. The molecule has 0 spiro atoms. The van der Waals surface area contributed by atoms with Crippen molar-refractivity contribution in [2.45, 2.75) is 40.2 Å². The van der Waals surface area contributed by atoms with Gasteiger partial charge in [0.2, 0.25) is 0 Å².